The summed E-state index contributed by atoms with van der Waals surface area (Å²) in [6.45, 7) is 4.10. The van der Waals surface area contributed by atoms with Crippen molar-refractivity contribution in [3.05, 3.63) is 53.6 Å². The third kappa shape index (κ3) is 2.28. The summed E-state index contributed by atoms with van der Waals surface area (Å²) in [4.78, 5) is 4.45. The standard InChI is InChI=1S/C16H15N3O/c1-10-6-7-14(11(2)8-10)15-18-16(20-19-15)12-4-3-5-13(17)9-12/h3-9H,17H2,1-2H3. The molecule has 2 N–H and O–H groups in total. The van der Waals surface area contributed by atoms with Gasteiger partial charge in [-0.15, -0.1) is 0 Å². The van der Waals surface area contributed by atoms with Crippen molar-refractivity contribution in [3.8, 4) is 22.8 Å². The average molecular weight is 265 g/mol. The van der Waals surface area contributed by atoms with E-state index in [1.165, 1.54) is 5.56 Å². The zero-order valence-electron chi connectivity index (χ0n) is 11.4. The molecule has 0 amide bonds. The quantitative estimate of drug-likeness (QED) is 0.719. The molecule has 4 heteroatoms. The van der Waals surface area contributed by atoms with Crippen LogP contribution in [0.5, 0.6) is 0 Å². The van der Waals surface area contributed by atoms with Crippen LogP contribution in [0.25, 0.3) is 22.8 Å². The number of nitrogens with zero attached hydrogens (tertiary/aromatic N) is 2. The molecule has 2 aromatic carbocycles. The van der Waals surface area contributed by atoms with Gasteiger partial charge in [-0.05, 0) is 37.6 Å². The molecule has 0 saturated carbocycles. The van der Waals surface area contributed by atoms with Crippen LogP contribution < -0.4 is 5.73 Å². The monoisotopic (exact) mass is 265 g/mol. The minimum atomic E-state index is 0.479. The number of hydrogen-bond donors (Lipinski definition) is 1. The molecule has 0 aliphatic heterocycles. The third-order valence-corrected chi connectivity index (χ3v) is 3.18. The summed E-state index contributed by atoms with van der Waals surface area (Å²) in [5, 5.41) is 4.06. The normalized spacial score (nSPS) is 10.7. The van der Waals surface area contributed by atoms with Gasteiger partial charge in [0.15, 0.2) is 0 Å². The Hall–Kier alpha value is -2.62. The minimum absolute atomic E-state index is 0.479. The van der Waals surface area contributed by atoms with E-state index in [0.29, 0.717) is 17.4 Å². The maximum absolute atomic E-state index is 5.76. The summed E-state index contributed by atoms with van der Waals surface area (Å²) in [6, 6.07) is 13.6. The van der Waals surface area contributed by atoms with Crippen molar-refractivity contribution in [3.63, 3.8) is 0 Å². The number of rotatable bonds is 2. The Morgan fingerprint density at radius 2 is 1.90 bits per heavy atom. The van der Waals surface area contributed by atoms with Gasteiger partial charge in [0.1, 0.15) is 0 Å². The Kier molecular flexibility index (Phi) is 2.99. The molecule has 4 nitrogen and oxygen atoms in total. The molecule has 3 rings (SSSR count). The first-order chi connectivity index (χ1) is 9.63. The fraction of sp³-hybridized carbons (Fsp3) is 0.125. The predicted molar refractivity (Wildman–Crippen MR) is 79.1 cm³/mol. The molecule has 0 aliphatic rings. The Balaban J connectivity index is 2.02. The van der Waals surface area contributed by atoms with Gasteiger partial charge in [-0.1, -0.05) is 35.0 Å². The second-order valence-corrected chi connectivity index (χ2v) is 4.87. The average Bonchev–Trinajstić information content (AvgIpc) is 2.88. The molecule has 20 heavy (non-hydrogen) atoms. The van der Waals surface area contributed by atoms with Crippen molar-refractivity contribution in [2.24, 2.45) is 0 Å². The van der Waals surface area contributed by atoms with Gasteiger partial charge in [-0.3, -0.25) is 0 Å². The summed E-state index contributed by atoms with van der Waals surface area (Å²) < 4.78 is 5.33. The number of anilines is 1. The van der Waals surface area contributed by atoms with E-state index in [-0.39, 0.29) is 0 Å². The van der Waals surface area contributed by atoms with Gasteiger partial charge in [0.05, 0.1) is 0 Å². The molecule has 1 heterocycles. The fourth-order valence-electron chi connectivity index (χ4n) is 2.19. The zero-order chi connectivity index (χ0) is 14.1. The SMILES string of the molecule is Cc1ccc(-c2noc(-c3cccc(N)c3)n2)c(C)c1. The largest absolute Gasteiger partial charge is 0.399 e. The number of aryl methyl sites for hydroxylation is 2. The smallest absolute Gasteiger partial charge is 0.258 e. The lowest BCUT2D eigenvalue weighted by molar-refractivity contribution is 0.432. The summed E-state index contributed by atoms with van der Waals surface area (Å²) in [6.07, 6.45) is 0. The highest BCUT2D eigenvalue weighted by molar-refractivity contribution is 5.64. The van der Waals surface area contributed by atoms with Gasteiger partial charge < -0.3 is 10.3 Å². The van der Waals surface area contributed by atoms with Crippen molar-refractivity contribution in [1.82, 2.24) is 10.1 Å². The first-order valence-corrected chi connectivity index (χ1v) is 6.41. The Morgan fingerprint density at radius 3 is 2.65 bits per heavy atom. The molecule has 3 aromatic rings. The highest BCUT2D eigenvalue weighted by atomic mass is 16.5. The lowest BCUT2D eigenvalue weighted by atomic mass is 10.1. The van der Waals surface area contributed by atoms with Crippen LogP contribution >= 0.6 is 0 Å². The molecule has 100 valence electrons. The molecule has 0 bridgehead atoms. The van der Waals surface area contributed by atoms with Crippen molar-refractivity contribution < 1.29 is 4.52 Å². The van der Waals surface area contributed by atoms with Crippen LogP contribution in [0.2, 0.25) is 0 Å². The number of aromatic nitrogens is 2. The van der Waals surface area contributed by atoms with E-state index in [9.17, 15) is 0 Å². The van der Waals surface area contributed by atoms with Crippen molar-refractivity contribution in [2.45, 2.75) is 13.8 Å². The van der Waals surface area contributed by atoms with Crippen LogP contribution in [0.3, 0.4) is 0 Å². The third-order valence-electron chi connectivity index (χ3n) is 3.18. The van der Waals surface area contributed by atoms with Gasteiger partial charge in [-0.25, -0.2) is 0 Å². The Morgan fingerprint density at radius 1 is 1.05 bits per heavy atom. The van der Waals surface area contributed by atoms with Crippen LogP contribution in [0.1, 0.15) is 11.1 Å². The van der Waals surface area contributed by atoms with E-state index in [4.69, 9.17) is 10.3 Å². The molecule has 0 saturated heterocycles. The number of hydrogen-bond acceptors (Lipinski definition) is 4. The number of benzene rings is 2. The topological polar surface area (TPSA) is 64.9 Å². The van der Waals surface area contributed by atoms with Crippen molar-refractivity contribution >= 4 is 5.69 Å². The van der Waals surface area contributed by atoms with E-state index in [1.807, 2.05) is 43.3 Å². The second kappa shape index (κ2) is 4.81. The predicted octanol–water partition coefficient (Wildman–Crippen LogP) is 3.60. The van der Waals surface area contributed by atoms with Crippen LogP contribution in [-0.2, 0) is 0 Å². The summed E-state index contributed by atoms with van der Waals surface area (Å²) >= 11 is 0. The molecule has 0 unspecified atom stereocenters. The molecule has 0 spiro atoms. The van der Waals surface area contributed by atoms with Crippen molar-refractivity contribution in [2.75, 3.05) is 5.73 Å². The molecular formula is C16H15N3O. The maximum Gasteiger partial charge on any atom is 0.258 e. The van der Waals surface area contributed by atoms with Crippen molar-refractivity contribution in [1.29, 1.82) is 0 Å². The highest BCUT2D eigenvalue weighted by Gasteiger charge is 2.12. The Bertz CT molecular complexity index is 762. The Labute approximate surface area is 117 Å². The van der Waals surface area contributed by atoms with E-state index in [2.05, 4.69) is 23.1 Å². The van der Waals surface area contributed by atoms with Crippen LogP contribution in [0.4, 0.5) is 5.69 Å². The maximum atomic E-state index is 5.76. The number of nitrogen functional groups attached to an aromatic ring is 1. The van der Waals surface area contributed by atoms with Gasteiger partial charge >= 0.3 is 0 Å². The van der Waals surface area contributed by atoms with Gasteiger partial charge in [0, 0.05) is 16.8 Å². The molecule has 1 aromatic heterocycles. The lowest BCUT2D eigenvalue weighted by Crippen LogP contribution is -1.87. The second-order valence-electron chi connectivity index (χ2n) is 4.87. The van der Waals surface area contributed by atoms with Gasteiger partial charge in [0.25, 0.3) is 5.89 Å². The van der Waals surface area contributed by atoms with Crippen LogP contribution in [-0.4, -0.2) is 10.1 Å². The molecular weight excluding hydrogens is 250 g/mol. The van der Waals surface area contributed by atoms with Crippen LogP contribution in [0.15, 0.2) is 47.0 Å². The molecule has 0 atom stereocenters. The lowest BCUT2D eigenvalue weighted by Gasteiger charge is -2.01. The molecule has 0 fully saturated rings. The first-order valence-electron chi connectivity index (χ1n) is 6.41. The van der Waals surface area contributed by atoms with E-state index in [1.54, 1.807) is 0 Å². The highest BCUT2D eigenvalue weighted by Crippen LogP contribution is 2.25. The summed E-state index contributed by atoms with van der Waals surface area (Å²) in [5.41, 5.74) is 10.6. The van der Waals surface area contributed by atoms with E-state index in [0.717, 1.165) is 16.7 Å². The minimum Gasteiger partial charge on any atom is -0.399 e. The van der Waals surface area contributed by atoms with Crippen LogP contribution in [0, 0.1) is 13.8 Å². The molecule has 0 radical (unpaired) electrons. The summed E-state index contributed by atoms with van der Waals surface area (Å²) in [7, 11) is 0. The fourth-order valence-corrected chi connectivity index (χ4v) is 2.19. The summed E-state index contributed by atoms with van der Waals surface area (Å²) in [5.74, 6) is 1.08. The number of nitrogens with two attached hydrogens (primary N) is 1. The van der Waals surface area contributed by atoms with Gasteiger partial charge in [0.2, 0.25) is 5.82 Å². The van der Waals surface area contributed by atoms with E-state index < -0.39 is 0 Å². The van der Waals surface area contributed by atoms with Gasteiger partial charge in [-0.2, -0.15) is 4.98 Å². The molecule has 0 aliphatic carbocycles. The first kappa shape index (κ1) is 12.4. The zero-order valence-corrected chi connectivity index (χ0v) is 11.4. The van der Waals surface area contributed by atoms with E-state index >= 15 is 0 Å².